The molecule has 0 fully saturated rings. The Morgan fingerprint density at radius 2 is 1.64 bits per heavy atom. The number of hydrogen-bond donors (Lipinski definition) is 0. The Balaban J connectivity index is 2.12. The van der Waals surface area contributed by atoms with Crippen LogP contribution in [-0.2, 0) is 0 Å². The zero-order chi connectivity index (χ0) is 9.38. The van der Waals surface area contributed by atoms with Crippen molar-refractivity contribution in [3.8, 4) is 23.1 Å². The number of hydrogen-bond acceptors (Lipinski definition) is 4. The lowest BCUT2D eigenvalue weighted by Crippen LogP contribution is -2.00. The summed E-state index contributed by atoms with van der Waals surface area (Å²) in [6, 6.07) is 9.16. The van der Waals surface area contributed by atoms with E-state index in [1.165, 1.54) is 0 Å². The van der Waals surface area contributed by atoms with Crippen LogP contribution in [0.25, 0.3) is 0 Å². The van der Waals surface area contributed by atoms with E-state index in [2.05, 4.69) is 10.2 Å². The Hall–Kier alpha value is -2.10. The van der Waals surface area contributed by atoms with Gasteiger partial charge in [-0.25, -0.2) is 0 Å². The molecule has 68 valence electrons. The molecule has 0 atom stereocenters. The molecule has 0 amide bonds. The van der Waals surface area contributed by atoms with Crippen molar-refractivity contribution in [3.63, 3.8) is 0 Å². The Labute approximate surface area is 80.1 Å². The lowest BCUT2D eigenvalue weighted by molar-refractivity contribution is 0.343. The van der Waals surface area contributed by atoms with E-state index in [1.54, 1.807) is 12.3 Å². The minimum atomic E-state index is 0.409. The van der Waals surface area contributed by atoms with Crippen molar-refractivity contribution in [2.24, 2.45) is 0 Å². The van der Waals surface area contributed by atoms with Crippen molar-refractivity contribution in [2.75, 3.05) is 0 Å². The molecule has 0 bridgehead atoms. The molecule has 0 radical (unpaired) electrons. The summed E-state index contributed by atoms with van der Waals surface area (Å²) in [5, 5.41) is 7.54. The smallest absolute Gasteiger partial charge is 0.282 e. The first-order valence-electron chi connectivity index (χ1n) is 4.20. The summed E-state index contributed by atoms with van der Waals surface area (Å²) in [4.78, 5) is 0. The topological polar surface area (TPSA) is 44.2 Å². The highest BCUT2D eigenvalue weighted by atomic mass is 16.6. The first-order valence-corrected chi connectivity index (χ1v) is 4.20. The highest BCUT2D eigenvalue weighted by Crippen LogP contribution is 2.42. The maximum atomic E-state index is 5.55. The van der Waals surface area contributed by atoms with E-state index in [9.17, 15) is 0 Å². The first-order chi connectivity index (χ1) is 6.93. The van der Waals surface area contributed by atoms with Crippen molar-refractivity contribution < 1.29 is 9.47 Å². The number of fused-ring (bicyclic) bond motifs is 2. The molecule has 1 aromatic heterocycles. The number of ether oxygens (including phenoxy) is 2. The van der Waals surface area contributed by atoms with Gasteiger partial charge < -0.3 is 9.47 Å². The third-order valence-corrected chi connectivity index (χ3v) is 1.93. The standard InChI is InChI=1S/C10H6N2O2/c1-2-4-8-7(3-1)13-9-5-6-11-12-10(9)14-8/h1-6H. The van der Waals surface area contributed by atoms with Crippen molar-refractivity contribution in [1.29, 1.82) is 0 Å². The second-order valence-electron chi connectivity index (χ2n) is 2.85. The highest BCUT2D eigenvalue weighted by molar-refractivity contribution is 5.50. The molecule has 4 heteroatoms. The van der Waals surface area contributed by atoms with Gasteiger partial charge in [0.25, 0.3) is 5.88 Å². The Kier molecular flexibility index (Phi) is 1.41. The van der Waals surface area contributed by atoms with Crippen LogP contribution < -0.4 is 9.47 Å². The predicted octanol–water partition coefficient (Wildman–Crippen LogP) is 2.37. The molecule has 0 N–H and O–H groups in total. The van der Waals surface area contributed by atoms with Crippen LogP contribution in [0.5, 0.6) is 23.1 Å². The Morgan fingerprint density at radius 1 is 0.857 bits per heavy atom. The monoisotopic (exact) mass is 186 g/mol. The van der Waals surface area contributed by atoms with Crippen molar-refractivity contribution in [1.82, 2.24) is 10.2 Å². The van der Waals surface area contributed by atoms with E-state index in [4.69, 9.17) is 9.47 Å². The van der Waals surface area contributed by atoms with E-state index in [1.807, 2.05) is 24.3 Å². The van der Waals surface area contributed by atoms with Crippen LogP contribution in [0.2, 0.25) is 0 Å². The highest BCUT2D eigenvalue weighted by Gasteiger charge is 2.18. The molecule has 0 spiro atoms. The van der Waals surface area contributed by atoms with E-state index >= 15 is 0 Å². The van der Waals surface area contributed by atoms with Gasteiger partial charge in [-0.2, -0.15) is 5.10 Å². The second-order valence-corrected chi connectivity index (χ2v) is 2.85. The van der Waals surface area contributed by atoms with Crippen molar-refractivity contribution >= 4 is 0 Å². The van der Waals surface area contributed by atoms with Gasteiger partial charge in [0.2, 0.25) is 0 Å². The van der Waals surface area contributed by atoms with Gasteiger partial charge >= 0.3 is 0 Å². The Bertz CT molecular complexity index is 398. The third kappa shape index (κ3) is 1.01. The van der Waals surface area contributed by atoms with Gasteiger partial charge in [-0.1, -0.05) is 12.1 Å². The van der Waals surface area contributed by atoms with Crippen LogP contribution in [0.1, 0.15) is 0 Å². The summed E-state index contributed by atoms with van der Waals surface area (Å²) in [5.41, 5.74) is 0. The molecule has 4 nitrogen and oxygen atoms in total. The quantitative estimate of drug-likeness (QED) is 0.540. The molecule has 1 aliphatic rings. The number of rotatable bonds is 0. The molecule has 0 saturated heterocycles. The van der Waals surface area contributed by atoms with Gasteiger partial charge in [0.15, 0.2) is 17.2 Å². The minimum Gasteiger partial charge on any atom is -0.448 e. The SMILES string of the molecule is c1ccc2c(c1)Oc1ccnnc1O2. The largest absolute Gasteiger partial charge is 0.448 e. The molecule has 14 heavy (non-hydrogen) atoms. The molecule has 3 rings (SSSR count). The van der Waals surface area contributed by atoms with Crippen LogP contribution in [0.3, 0.4) is 0 Å². The Morgan fingerprint density at radius 3 is 2.50 bits per heavy atom. The molecular weight excluding hydrogens is 180 g/mol. The van der Waals surface area contributed by atoms with Crippen molar-refractivity contribution in [2.45, 2.75) is 0 Å². The summed E-state index contributed by atoms with van der Waals surface area (Å²) in [6.07, 6.45) is 1.57. The van der Waals surface area contributed by atoms with Crippen LogP contribution >= 0.6 is 0 Å². The van der Waals surface area contributed by atoms with Crippen LogP contribution in [-0.4, -0.2) is 10.2 Å². The fourth-order valence-corrected chi connectivity index (χ4v) is 1.30. The summed E-state index contributed by atoms with van der Waals surface area (Å²) in [6.45, 7) is 0. The number of benzene rings is 1. The number of para-hydroxylation sites is 2. The van der Waals surface area contributed by atoms with Gasteiger partial charge in [-0.3, -0.25) is 0 Å². The van der Waals surface area contributed by atoms with Crippen molar-refractivity contribution in [3.05, 3.63) is 36.5 Å². The fourth-order valence-electron chi connectivity index (χ4n) is 1.30. The maximum Gasteiger partial charge on any atom is 0.282 e. The van der Waals surface area contributed by atoms with E-state index in [0.717, 1.165) is 0 Å². The summed E-state index contributed by atoms with van der Waals surface area (Å²) >= 11 is 0. The van der Waals surface area contributed by atoms with Gasteiger partial charge in [-0.15, -0.1) is 5.10 Å². The van der Waals surface area contributed by atoms with E-state index in [-0.39, 0.29) is 0 Å². The molecule has 0 aliphatic carbocycles. The molecule has 0 saturated carbocycles. The molecule has 2 heterocycles. The average molecular weight is 186 g/mol. The summed E-state index contributed by atoms with van der Waals surface area (Å²) in [5.74, 6) is 2.37. The van der Waals surface area contributed by atoms with Gasteiger partial charge in [-0.05, 0) is 12.1 Å². The van der Waals surface area contributed by atoms with E-state index < -0.39 is 0 Å². The zero-order valence-corrected chi connectivity index (χ0v) is 7.18. The lowest BCUT2D eigenvalue weighted by Gasteiger charge is -2.17. The molecular formula is C10H6N2O2. The fraction of sp³-hybridized carbons (Fsp3) is 0. The second kappa shape index (κ2) is 2.70. The summed E-state index contributed by atoms with van der Waals surface area (Å²) in [7, 11) is 0. The first kappa shape index (κ1) is 7.32. The third-order valence-electron chi connectivity index (χ3n) is 1.93. The van der Waals surface area contributed by atoms with E-state index in [0.29, 0.717) is 23.1 Å². The van der Waals surface area contributed by atoms with Crippen LogP contribution in [0, 0.1) is 0 Å². The number of aromatic nitrogens is 2. The maximum absolute atomic E-state index is 5.55. The van der Waals surface area contributed by atoms with Crippen LogP contribution in [0.15, 0.2) is 36.5 Å². The van der Waals surface area contributed by atoms with Crippen LogP contribution in [0.4, 0.5) is 0 Å². The molecule has 1 aliphatic heterocycles. The van der Waals surface area contributed by atoms with Gasteiger partial charge in [0.05, 0.1) is 6.20 Å². The lowest BCUT2D eigenvalue weighted by atomic mass is 10.3. The number of nitrogens with zero attached hydrogens (tertiary/aromatic N) is 2. The zero-order valence-electron chi connectivity index (χ0n) is 7.18. The van der Waals surface area contributed by atoms with Gasteiger partial charge in [0.1, 0.15) is 0 Å². The van der Waals surface area contributed by atoms with Gasteiger partial charge in [0, 0.05) is 6.07 Å². The summed E-state index contributed by atoms with van der Waals surface area (Å²) < 4.78 is 11.0. The normalized spacial score (nSPS) is 12.0. The molecule has 1 aromatic carbocycles. The minimum absolute atomic E-state index is 0.409. The predicted molar refractivity (Wildman–Crippen MR) is 48.6 cm³/mol. The molecule has 2 aromatic rings. The average Bonchev–Trinajstić information content (AvgIpc) is 2.26. The molecule has 0 unspecified atom stereocenters.